The number of methoxy groups -OCH3 is 1. The summed E-state index contributed by atoms with van der Waals surface area (Å²) in [7, 11) is -2.51. The molecular weight excluding hydrogens is 440 g/mol. The Bertz CT molecular complexity index is 1210. The van der Waals surface area contributed by atoms with Gasteiger partial charge in [0.15, 0.2) is 0 Å². The molecule has 1 fully saturated rings. The quantitative estimate of drug-likeness (QED) is 0.532. The average Bonchev–Trinajstić information content (AvgIpc) is 2.88. The third-order valence-corrected chi connectivity index (χ3v) is 7.25. The van der Waals surface area contributed by atoms with Gasteiger partial charge in [-0.15, -0.1) is 0 Å². The lowest BCUT2D eigenvalue weighted by atomic mass is 10.2. The number of anilines is 1. The van der Waals surface area contributed by atoms with Gasteiger partial charge >= 0.3 is 0 Å². The Morgan fingerprint density at radius 2 is 1.67 bits per heavy atom. The largest absolute Gasteiger partial charge is 0.495 e. The van der Waals surface area contributed by atoms with Crippen molar-refractivity contribution in [1.82, 2.24) is 4.90 Å². The molecule has 1 heterocycles. The molecule has 3 aromatic carbocycles. The monoisotopic (exact) mass is 466 g/mol. The van der Waals surface area contributed by atoms with Crippen LogP contribution in [0.2, 0.25) is 0 Å². The Hall–Kier alpha value is -3.36. The number of hydrogen-bond donors (Lipinski definition) is 0. The van der Waals surface area contributed by atoms with Crippen molar-refractivity contribution in [3.05, 3.63) is 90.0 Å². The lowest BCUT2D eigenvalue weighted by molar-refractivity contribution is 0.0302. The maximum absolute atomic E-state index is 13.9. The van der Waals surface area contributed by atoms with Crippen LogP contribution in [0.1, 0.15) is 15.9 Å². The van der Waals surface area contributed by atoms with Crippen LogP contribution in [-0.4, -0.2) is 52.6 Å². The molecule has 0 unspecified atom stereocenters. The van der Waals surface area contributed by atoms with E-state index in [9.17, 15) is 13.2 Å². The minimum atomic E-state index is -4.01. The van der Waals surface area contributed by atoms with E-state index in [4.69, 9.17) is 9.47 Å². The van der Waals surface area contributed by atoms with Gasteiger partial charge in [-0.2, -0.15) is 0 Å². The molecule has 0 aliphatic carbocycles. The zero-order chi connectivity index (χ0) is 23.3. The van der Waals surface area contributed by atoms with Crippen LogP contribution in [-0.2, 0) is 21.3 Å². The predicted octanol–water partition coefficient (Wildman–Crippen LogP) is 3.56. The molecule has 1 amide bonds. The molecule has 1 aliphatic heterocycles. The first-order valence-corrected chi connectivity index (χ1v) is 12.1. The number of hydrogen-bond acceptors (Lipinski definition) is 5. The van der Waals surface area contributed by atoms with Crippen LogP contribution in [0.3, 0.4) is 0 Å². The SMILES string of the molecule is COc1ccccc1N(Cc1ccccc1)S(=O)(=O)c1cccc(C(=O)N2CCOCC2)c1. The van der Waals surface area contributed by atoms with E-state index in [1.165, 1.54) is 23.5 Å². The number of amides is 1. The smallest absolute Gasteiger partial charge is 0.264 e. The third kappa shape index (κ3) is 5.02. The highest BCUT2D eigenvalue weighted by atomic mass is 32.2. The number of ether oxygens (including phenoxy) is 2. The van der Waals surface area contributed by atoms with Crippen molar-refractivity contribution in [2.24, 2.45) is 0 Å². The molecule has 7 nitrogen and oxygen atoms in total. The first-order valence-electron chi connectivity index (χ1n) is 10.7. The number of carbonyl (C=O) groups excluding carboxylic acids is 1. The zero-order valence-corrected chi connectivity index (χ0v) is 19.2. The fraction of sp³-hybridized carbons (Fsp3) is 0.240. The van der Waals surface area contributed by atoms with Crippen LogP contribution in [0.25, 0.3) is 0 Å². The molecule has 4 rings (SSSR count). The number of carbonyl (C=O) groups is 1. The Kier molecular flexibility index (Phi) is 6.96. The van der Waals surface area contributed by atoms with E-state index >= 15 is 0 Å². The van der Waals surface area contributed by atoms with Crippen molar-refractivity contribution in [2.75, 3.05) is 37.7 Å². The Balaban J connectivity index is 1.74. The van der Waals surface area contributed by atoms with Gasteiger partial charge in [0.25, 0.3) is 15.9 Å². The second-order valence-corrected chi connectivity index (χ2v) is 9.46. The van der Waals surface area contributed by atoms with Crippen LogP contribution in [0, 0.1) is 0 Å². The second kappa shape index (κ2) is 10.1. The van der Waals surface area contributed by atoms with Crippen molar-refractivity contribution in [2.45, 2.75) is 11.4 Å². The van der Waals surface area contributed by atoms with E-state index in [0.29, 0.717) is 43.3 Å². The average molecular weight is 467 g/mol. The predicted molar refractivity (Wildman–Crippen MR) is 126 cm³/mol. The van der Waals surface area contributed by atoms with E-state index in [2.05, 4.69) is 0 Å². The molecule has 33 heavy (non-hydrogen) atoms. The molecule has 0 radical (unpaired) electrons. The highest BCUT2D eigenvalue weighted by molar-refractivity contribution is 7.92. The zero-order valence-electron chi connectivity index (χ0n) is 18.4. The highest BCUT2D eigenvalue weighted by Gasteiger charge is 2.29. The summed E-state index contributed by atoms with van der Waals surface area (Å²) in [4.78, 5) is 14.7. The normalized spacial score (nSPS) is 14.0. The standard InChI is InChI=1S/C25H26N2O5S/c1-31-24-13-6-5-12-23(24)27(19-20-8-3-2-4-9-20)33(29,30)22-11-7-10-21(18-22)25(28)26-14-16-32-17-15-26/h2-13,18H,14-17,19H2,1H3. The van der Waals surface area contributed by atoms with Crippen molar-refractivity contribution in [1.29, 1.82) is 0 Å². The van der Waals surface area contributed by atoms with Crippen LogP contribution in [0.5, 0.6) is 5.75 Å². The van der Waals surface area contributed by atoms with E-state index in [1.54, 1.807) is 41.3 Å². The first kappa shape index (κ1) is 22.8. The molecule has 1 aliphatic rings. The summed E-state index contributed by atoms with van der Waals surface area (Å²) in [6, 6.07) is 22.5. The van der Waals surface area contributed by atoms with Crippen molar-refractivity contribution < 1.29 is 22.7 Å². The summed E-state index contributed by atoms with van der Waals surface area (Å²) in [6.45, 7) is 2.03. The van der Waals surface area contributed by atoms with Gasteiger partial charge < -0.3 is 14.4 Å². The van der Waals surface area contributed by atoms with E-state index in [0.717, 1.165) is 5.56 Å². The molecular formula is C25H26N2O5S. The maximum atomic E-state index is 13.9. The minimum Gasteiger partial charge on any atom is -0.495 e. The lowest BCUT2D eigenvalue weighted by Crippen LogP contribution is -2.40. The van der Waals surface area contributed by atoms with Crippen molar-refractivity contribution in [3.63, 3.8) is 0 Å². The van der Waals surface area contributed by atoms with Gasteiger partial charge in [0.05, 0.1) is 37.5 Å². The van der Waals surface area contributed by atoms with E-state index in [-0.39, 0.29) is 17.3 Å². The van der Waals surface area contributed by atoms with Gasteiger partial charge in [0.1, 0.15) is 5.75 Å². The molecule has 0 spiro atoms. The van der Waals surface area contributed by atoms with Crippen molar-refractivity contribution >= 4 is 21.6 Å². The van der Waals surface area contributed by atoms with Gasteiger partial charge in [0, 0.05) is 18.7 Å². The van der Waals surface area contributed by atoms with Crippen LogP contribution in [0.15, 0.2) is 83.8 Å². The minimum absolute atomic E-state index is 0.0449. The number of sulfonamides is 1. The molecule has 0 atom stereocenters. The van der Waals surface area contributed by atoms with Gasteiger partial charge in [-0.1, -0.05) is 48.5 Å². The van der Waals surface area contributed by atoms with Gasteiger partial charge in [0.2, 0.25) is 0 Å². The molecule has 172 valence electrons. The summed E-state index contributed by atoms with van der Waals surface area (Å²) in [5.41, 5.74) is 1.58. The molecule has 3 aromatic rings. The summed E-state index contributed by atoms with van der Waals surface area (Å²) in [6.07, 6.45) is 0. The first-order chi connectivity index (χ1) is 16.0. The highest BCUT2D eigenvalue weighted by Crippen LogP contribution is 2.34. The Morgan fingerprint density at radius 3 is 2.39 bits per heavy atom. The summed E-state index contributed by atoms with van der Waals surface area (Å²) >= 11 is 0. The van der Waals surface area contributed by atoms with Crippen LogP contribution >= 0.6 is 0 Å². The lowest BCUT2D eigenvalue weighted by Gasteiger charge is -2.28. The molecule has 0 N–H and O–H groups in total. The number of rotatable bonds is 7. The third-order valence-electron chi connectivity index (χ3n) is 5.49. The molecule has 1 saturated heterocycles. The summed E-state index contributed by atoms with van der Waals surface area (Å²) in [5.74, 6) is 0.236. The van der Waals surface area contributed by atoms with Gasteiger partial charge in [-0.05, 0) is 35.9 Å². The maximum Gasteiger partial charge on any atom is 0.264 e. The van der Waals surface area contributed by atoms with Crippen LogP contribution in [0.4, 0.5) is 5.69 Å². The van der Waals surface area contributed by atoms with E-state index < -0.39 is 10.0 Å². The van der Waals surface area contributed by atoms with Crippen LogP contribution < -0.4 is 9.04 Å². The van der Waals surface area contributed by atoms with Gasteiger partial charge in [-0.25, -0.2) is 8.42 Å². The summed E-state index contributed by atoms with van der Waals surface area (Å²) in [5, 5.41) is 0. The number of benzene rings is 3. The Labute approximate surface area is 194 Å². The van der Waals surface area contributed by atoms with Crippen molar-refractivity contribution in [3.8, 4) is 5.75 Å². The fourth-order valence-corrected chi connectivity index (χ4v) is 5.26. The fourth-order valence-electron chi connectivity index (χ4n) is 3.75. The molecule has 0 saturated carbocycles. The van der Waals surface area contributed by atoms with E-state index in [1.807, 2.05) is 30.3 Å². The molecule has 0 aromatic heterocycles. The van der Waals surface area contributed by atoms with Gasteiger partial charge in [-0.3, -0.25) is 9.10 Å². The number of nitrogens with zero attached hydrogens (tertiary/aromatic N) is 2. The Morgan fingerprint density at radius 1 is 0.970 bits per heavy atom. The molecule has 8 heteroatoms. The number of para-hydroxylation sites is 2. The topological polar surface area (TPSA) is 76.2 Å². The number of morpholine rings is 1. The summed E-state index contributed by atoms with van der Waals surface area (Å²) < 4.78 is 39.9. The molecule has 0 bridgehead atoms. The second-order valence-electron chi connectivity index (χ2n) is 7.60.